The standard InChI is InChI=1S/C23H23N3O5S.C2H2O4/c27-26(28)20-9-11-23(12-10-20)32(29,30)25-15-13-24(14-16-25)18-19-5-4-8-22(17-19)31-21-6-2-1-3-7-21;3-1(4)2(5)6/h1-12,17H,13-16,18H2;(H,3,4)(H,5,6). The van der Waals surface area contributed by atoms with Crippen molar-refractivity contribution < 1.29 is 37.9 Å². The van der Waals surface area contributed by atoms with Crippen LogP contribution in [0.5, 0.6) is 11.5 Å². The number of benzene rings is 3. The van der Waals surface area contributed by atoms with Gasteiger partial charge in [0.1, 0.15) is 11.5 Å². The number of hydrogen-bond acceptors (Lipinski definition) is 8. The highest BCUT2D eigenvalue weighted by atomic mass is 32.2. The van der Waals surface area contributed by atoms with Crippen LogP contribution in [0.2, 0.25) is 0 Å². The quantitative estimate of drug-likeness (QED) is 0.257. The summed E-state index contributed by atoms with van der Waals surface area (Å²) in [5, 5.41) is 25.6. The molecule has 0 amide bonds. The Morgan fingerprint density at radius 2 is 1.42 bits per heavy atom. The van der Waals surface area contributed by atoms with Gasteiger partial charge in [-0.2, -0.15) is 4.31 Å². The predicted molar refractivity (Wildman–Crippen MR) is 135 cm³/mol. The number of nitro groups is 1. The molecule has 38 heavy (non-hydrogen) atoms. The summed E-state index contributed by atoms with van der Waals surface area (Å²) < 4.78 is 33.1. The molecular formula is C25H25N3O9S. The second-order valence-electron chi connectivity index (χ2n) is 8.10. The second-order valence-corrected chi connectivity index (χ2v) is 10.0. The van der Waals surface area contributed by atoms with Crippen LogP contribution in [0.3, 0.4) is 0 Å². The highest BCUT2D eigenvalue weighted by Crippen LogP contribution is 2.24. The molecule has 0 unspecified atom stereocenters. The molecule has 0 aromatic heterocycles. The molecule has 2 N–H and O–H groups in total. The van der Waals surface area contributed by atoms with Gasteiger partial charge in [-0.05, 0) is 42.0 Å². The van der Waals surface area contributed by atoms with E-state index in [0.29, 0.717) is 32.7 Å². The molecule has 1 aliphatic rings. The lowest BCUT2D eigenvalue weighted by Crippen LogP contribution is -2.48. The zero-order valence-electron chi connectivity index (χ0n) is 20.0. The Balaban J connectivity index is 0.000000599. The number of nitro benzene ring substituents is 1. The number of carboxylic acid groups (broad SMARTS) is 2. The molecule has 0 radical (unpaired) electrons. The summed E-state index contributed by atoms with van der Waals surface area (Å²) in [7, 11) is -3.68. The highest BCUT2D eigenvalue weighted by Gasteiger charge is 2.28. The molecule has 0 spiro atoms. The third kappa shape index (κ3) is 7.83. The molecule has 3 aromatic rings. The van der Waals surface area contributed by atoms with Gasteiger partial charge in [-0.3, -0.25) is 15.0 Å². The van der Waals surface area contributed by atoms with Crippen molar-refractivity contribution in [2.24, 2.45) is 0 Å². The van der Waals surface area contributed by atoms with Gasteiger partial charge in [0.15, 0.2) is 0 Å². The van der Waals surface area contributed by atoms with Crippen LogP contribution < -0.4 is 4.74 Å². The maximum atomic E-state index is 12.9. The minimum absolute atomic E-state index is 0.0716. The second kappa shape index (κ2) is 12.8. The normalized spacial score (nSPS) is 14.1. The van der Waals surface area contributed by atoms with Crippen molar-refractivity contribution in [2.45, 2.75) is 11.4 Å². The minimum atomic E-state index is -3.68. The number of carbonyl (C=O) groups is 2. The molecule has 0 bridgehead atoms. The Bertz CT molecular complexity index is 1360. The first kappa shape index (κ1) is 28.2. The number of non-ortho nitro benzene ring substituents is 1. The molecule has 0 aliphatic carbocycles. The minimum Gasteiger partial charge on any atom is -0.473 e. The van der Waals surface area contributed by atoms with Gasteiger partial charge in [-0.1, -0.05) is 30.3 Å². The van der Waals surface area contributed by atoms with Crippen molar-refractivity contribution in [1.82, 2.24) is 9.21 Å². The first-order valence-corrected chi connectivity index (χ1v) is 12.8. The molecule has 1 heterocycles. The average molecular weight is 544 g/mol. The molecule has 0 atom stereocenters. The Hall–Kier alpha value is -4.33. The van der Waals surface area contributed by atoms with Crippen molar-refractivity contribution in [3.63, 3.8) is 0 Å². The molecule has 1 aliphatic heterocycles. The van der Waals surface area contributed by atoms with Crippen molar-refractivity contribution >= 4 is 27.6 Å². The van der Waals surface area contributed by atoms with Gasteiger partial charge < -0.3 is 14.9 Å². The fraction of sp³-hybridized carbons (Fsp3) is 0.200. The fourth-order valence-electron chi connectivity index (χ4n) is 3.61. The van der Waals surface area contributed by atoms with E-state index >= 15 is 0 Å². The van der Waals surface area contributed by atoms with Crippen molar-refractivity contribution in [2.75, 3.05) is 26.2 Å². The molecule has 3 aromatic carbocycles. The summed E-state index contributed by atoms with van der Waals surface area (Å²) in [4.78, 5) is 30.7. The summed E-state index contributed by atoms with van der Waals surface area (Å²) in [5.41, 5.74) is 0.956. The van der Waals surface area contributed by atoms with Gasteiger partial charge >= 0.3 is 11.9 Å². The molecular weight excluding hydrogens is 518 g/mol. The van der Waals surface area contributed by atoms with Gasteiger partial charge in [-0.25, -0.2) is 18.0 Å². The molecule has 0 saturated carbocycles. The molecule has 200 valence electrons. The topological polar surface area (TPSA) is 168 Å². The van der Waals surface area contributed by atoms with Gasteiger partial charge in [0.2, 0.25) is 10.0 Å². The summed E-state index contributed by atoms with van der Waals surface area (Å²) in [6, 6.07) is 22.5. The molecule has 13 heteroatoms. The monoisotopic (exact) mass is 543 g/mol. The van der Waals surface area contributed by atoms with E-state index in [1.54, 1.807) is 0 Å². The van der Waals surface area contributed by atoms with E-state index in [-0.39, 0.29) is 10.6 Å². The van der Waals surface area contributed by atoms with Crippen molar-refractivity contribution in [3.8, 4) is 11.5 Å². The number of para-hydroxylation sites is 1. The van der Waals surface area contributed by atoms with E-state index in [0.717, 1.165) is 17.1 Å². The van der Waals surface area contributed by atoms with Crippen molar-refractivity contribution in [3.05, 3.63) is 94.5 Å². The smallest absolute Gasteiger partial charge is 0.414 e. The van der Waals surface area contributed by atoms with Gasteiger partial charge in [0.25, 0.3) is 5.69 Å². The van der Waals surface area contributed by atoms with Gasteiger partial charge in [0, 0.05) is 44.9 Å². The van der Waals surface area contributed by atoms with E-state index in [1.807, 2.05) is 54.6 Å². The number of rotatable bonds is 7. The predicted octanol–water partition coefficient (Wildman–Crippen LogP) is 3.05. The zero-order chi connectivity index (χ0) is 27.7. The van der Waals surface area contributed by atoms with Gasteiger partial charge in [-0.15, -0.1) is 0 Å². The van der Waals surface area contributed by atoms with Crippen LogP contribution in [0.25, 0.3) is 0 Å². The molecule has 1 fully saturated rings. The van der Waals surface area contributed by atoms with Gasteiger partial charge in [0.05, 0.1) is 9.82 Å². The maximum Gasteiger partial charge on any atom is 0.414 e. The molecule has 1 saturated heterocycles. The van der Waals surface area contributed by atoms with Crippen LogP contribution >= 0.6 is 0 Å². The zero-order valence-corrected chi connectivity index (χ0v) is 20.9. The lowest BCUT2D eigenvalue weighted by Gasteiger charge is -2.34. The van der Waals surface area contributed by atoms with Crippen LogP contribution in [0.4, 0.5) is 5.69 Å². The number of ether oxygens (including phenoxy) is 1. The number of sulfonamides is 1. The summed E-state index contributed by atoms with van der Waals surface area (Å²) in [6.45, 7) is 2.60. The van der Waals surface area contributed by atoms with Crippen molar-refractivity contribution in [1.29, 1.82) is 0 Å². The van der Waals surface area contributed by atoms with Crippen LogP contribution in [0, 0.1) is 10.1 Å². The van der Waals surface area contributed by atoms with E-state index in [2.05, 4.69) is 4.90 Å². The van der Waals surface area contributed by atoms with E-state index < -0.39 is 26.9 Å². The maximum absolute atomic E-state index is 12.9. The Morgan fingerprint density at radius 3 is 1.97 bits per heavy atom. The number of hydrogen-bond donors (Lipinski definition) is 2. The molecule has 4 rings (SSSR count). The SMILES string of the molecule is O=C(O)C(=O)O.O=[N+]([O-])c1ccc(S(=O)(=O)N2CCN(Cc3cccc(Oc4ccccc4)c3)CC2)cc1. The summed E-state index contributed by atoms with van der Waals surface area (Å²) >= 11 is 0. The van der Waals surface area contributed by atoms with E-state index in [4.69, 9.17) is 24.5 Å². The Labute approximate surface area is 218 Å². The summed E-state index contributed by atoms with van der Waals surface area (Å²) in [6.07, 6.45) is 0. The molecule has 12 nitrogen and oxygen atoms in total. The summed E-state index contributed by atoms with van der Waals surface area (Å²) in [5.74, 6) is -2.12. The first-order valence-electron chi connectivity index (χ1n) is 11.3. The van der Waals surface area contributed by atoms with Crippen LogP contribution in [0.1, 0.15) is 5.56 Å². The number of piperazine rings is 1. The number of aliphatic carboxylic acids is 2. The van der Waals surface area contributed by atoms with E-state index in [9.17, 15) is 18.5 Å². The lowest BCUT2D eigenvalue weighted by atomic mass is 10.2. The Morgan fingerprint density at radius 1 is 0.842 bits per heavy atom. The number of carboxylic acids is 2. The number of nitrogens with zero attached hydrogens (tertiary/aromatic N) is 3. The third-order valence-corrected chi connectivity index (χ3v) is 7.40. The fourth-order valence-corrected chi connectivity index (χ4v) is 5.03. The first-order chi connectivity index (χ1) is 18.1. The lowest BCUT2D eigenvalue weighted by molar-refractivity contribution is -0.384. The van der Waals surface area contributed by atoms with Crippen LogP contribution in [-0.2, 0) is 26.2 Å². The van der Waals surface area contributed by atoms with Crippen LogP contribution in [0.15, 0.2) is 83.8 Å². The Kier molecular flexibility index (Phi) is 9.49. The third-order valence-electron chi connectivity index (χ3n) is 5.48. The average Bonchev–Trinajstić information content (AvgIpc) is 2.90. The van der Waals surface area contributed by atoms with Crippen LogP contribution in [-0.4, -0.2) is 70.9 Å². The highest BCUT2D eigenvalue weighted by molar-refractivity contribution is 7.89. The van der Waals surface area contributed by atoms with E-state index in [1.165, 1.54) is 28.6 Å². The largest absolute Gasteiger partial charge is 0.473 e.